The van der Waals surface area contributed by atoms with Crippen LogP contribution in [-0.2, 0) is 5.41 Å². The minimum absolute atomic E-state index is 0.0187. The van der Waals surface area contributed by atoms with Crippen molar-refractivity contribution >= 4 is 71.2 Å². The third-order valence-electron chi connectivity index (χ3n) is 15.7. The number of rotatable bonds is 6. The number of hydrogen-bond donors (Lipinski definition) is 0. The average Bonchev–Trinajstić information content (AvgIpc) is 4.14. The molecule has 340 valence electrons. The summed E-state index contributed by atoms with van der Waals surface area (Å²) in [4.78, 5) is 10.4. The maximum atomic E-state index is 6.60. The zero-order valence-electron chi connectivity index (χ0n) is 39.8. The molecule has 0 aliphatic heterocycles. The second-order valence-electron chi connectivity index (χ2n) is 20.1. The summed E-state index contributed by atoms with van der Waals surface area (Å²) in [6, 6.07) is 74.7. The molecule has 9 aromatic carbocycles. The van der Waals surface area contributed by atoms with Gasteiger partial charge >= 0.3 is 0 Å². The van der Waals surface area contributed by atoms with Gasteiger partial charge in [-0.1, -0.05) is 159 Å². The number of para-hydroxylation sites is 2. The Kier molecular flexibility index (Phi) is 8.76. The highest BCUT2D eigenvalue weighted by Gasteiger charge is 2.36. The first-order valence-electron chi connectivity index (χ1n) is 25.0. The molecule has 4 aromatic heterocycles. The molecule has 0 saturated heterocycles. The molecule has 0 N–H and O–H groups in total. The fourth-order valence-corrected chi connectivity index (χ4v) is 12.1. The molecule has 72 heavy (non-hydrogen) atoms. The minimum Gasteiger partial charge on any atom is -0.456 e. The van der Waals surface area contributed by atoms with Crippen molar-refractivity contribution in [1.29, 1.82) is 0 Å². The molecular weight excluding hydrogens is 877 g/mol. The monoisotopic (exact) mass is 922 g/mol. The summed E-state index contributed by atoms with van der Waals surface area (Å²) in [6.07, 6.45) is 7.52. The largest absolute Gasteiger partial charge is 0.456 e. The number of fused-ring (bicyclic) bond motifs is 12. The summed E-state index contributed by atoms with van der Waals surface area (Å²) in [6.45, 7) is 4.73. The maximum absolute atomic E-state index is 6.60. The van der Waals surface area contributed by atoms with E-state index in [4.69, 9.17) is 14.4 Å². The molecule has 5 heteroatoms. The summed E-state index contributed by atoms with van der Waals surface area (Å²) in [7, 11) is 0. The maximum Gasteiger partial charge on any atom is 0.160 e. The lowest BCUT2D eigenvalue weighted by molar-refractivity contribution is 0.661. The molecule has 2 aliphatic rings. The summed E-state index contributed by atoms with van der Waals surface area (Å²) in [5, 5.41) is 7.13. The zero-order valence-corrected chi connectivity index (χ0v) is 39.8. The molecule has 2 aliphatic carbocycles. The fourth-order valence-electron chi connectivity index (χ4n) is 12.1. The van der Waals surface area contributed by atoms with Crippen molar-refractivity contribution in [2.45, 2.75) is 31.6 Å². The molecule has 13 aromatic rings. The van der Waals surface area contributed by atoms with E-state index in [2.05, 4.69) is 229 Å². The summed E-state index contributed by atoms with van der Waals surface area (Å²) >= 11 is 0. The number of allylic oxidation sites excluding steroid dienone is 4. The van der Waals surface area contributed by atoms with E-state index >= 15 is 0 Å². The molecule has 5 nitrogen and oxygen atoms in total. The number of aromatic nitrogens is 4. The van der Waals surface area contributed by atoms with Crippen LogP contribution < -0.4 is 0 Å². The van der Waals surface area contributed by atoms with Crippen molar-refractivity contribution in [1.82, 2.24) is 19.1 Å². The lowest BCUT2D eigenvalue weighted by Gasteiger charge is -2.22. The summed E-state index contributed by atoms with van der Waals surface area (Å²) in [5.41, 5.74) is 20.5. The lowest BCUT2D eigenvalue weighted by Crippen LogP contribution is -2.14. The molecule has 15 rings (SSSR count). The molecule has 0 fully saturated rings. The van der Waals surface area contributed by atoms with Crippen molar-refractivity contribution in [2.75, 3.05) is 0 Å². The van der Waals surface area contributed by atoms with E-state index in [1.807, 2.05) is 18.2 Å². The highest BCUT2D eigenvalue weighted by molar-refractivity contribution is 6.19. The third kappa shape index (κ3) is 6.13. The summed E-state index contributed by atoms with van der Waals surface area (Å²) < 4.78 is 11.5. The zero-order chi connectivity index (χ0) is 47.7. The molecule has 0 radical (unpaired) electrons. The van der Waals surface area contributed by atoms with Gasteiger partial charge in [-0.25, -0.2) is 9.97 Å². The smallest absolute Gasteiger partial charge is 0.160 e. The molecular formula is C67H46N4O. The highest BCUT2D eigenvalue weighted by Crippen LogP contribution is 2.51. The van der Waals surface area contributed by atoms with Crippen molar-refractivity contribution < 1.29 is 4.42 Å². The van der Waals surface area contributed by atoms with Crippen molar-refractivity contribution in [2.24, 2.45) is 0 Å². The van der Waals surface area contributed by atoms with Crippen LogP contribution >= 0.6 is 0 Å². The second kappa shape index (κ2) is 15.5. The van der Waals surface area contributed by atoms with E-state index in [1.54, 1.807) is 0 Å². The van der Waals surface area contributed by atoms with Gasteiger partial charge in [0.05, 0.1) is 33.5 Å². The number of nitrogens with zero attached hydrogens (tertiary/aromatic N) is 4. The molecule has 1 unspecified atom stereocenters. The van der Waals surface area contributed by atoms with E-state index in [0.717, 1.165) is 73.4 Å². The van der Waals surface area contributed by atoms with Crippen LogP contribution in [0.2, 0.25) is 0 Å². The Hall–Kier alpha value is -9.06. The van der Waals surface area contributed by atoms with Gasteiger partial charge in [-0.3, -0.25) is 0 Å². The van der Waals surface area contributed by atoms with Crippen LogP contribution in [0, 0.1) is 0 Å². The number of hydrogen-bond acceptors (Lipinski definition) is 3. The number of benzene rings is 9. The van der Waals surface area contributed by atoms with Gasteiger partial charge in [0.2, 0.25) is 0 Å². The molecule has 0 spiro atoms. The van der Waals surface area contributed by atoms with Crippen LogP contribution in [0.25, 0.3) is 122 Å². The first kappa shape index (κ1) is 40.8. The van der Waals surface area contributed by atoms with Crippen molar-refractivity contribution in [3.8, 4) is 50.6 Å². The average molecular weight is 923 g/mol. The van der Waals surface area contributed by atoms with E-state index in [0.29, 0.717) is 0 Å². The van der Waals surface area contributed by atoms with Crippen LogP contribution in [-0.4, -0.2) is 19.1 Å². The predicted molar refractivity (Wildman–Crippen MR) is 298 cm³/mol. The van der Waals surface area contributed by atoms with Gasteiger partial charge in [-0.2, -0.15) is 0 Å². The van der Waals surface area contributed by atoms with Crippen molar-refractivity contribution in [3.63, 3.8) is 0 Å². The van der Waals surface area contributed by atoms with Gasteiger partial charge < -0.3 is 13.6 Å². The van der Waals surface area contributed by atoms with Gasteiger partial charge in [0.1, 0.15) is 11.2 Å². The lowest BCUT2D eigenvalue weighted by atomic mass is 9.82. The SMILES string of the molecule is CC1(C)c2ccccc2-c2cc3c4cc(-c5ccc6c(c5)c5cc7c(cc5n6C5=CC=CC(c6cc(-c8ccccc8)nc(-c8ccccc8)n6)C5)oc5ccccc57)ccc4n(-c4ccccc4)c3cc21. The van der Waals surface area contributed by atoms with Crippen molar-refractivity contribution in [3.05, 3.63) is 241 Å². The Balaban J connectivity index is 0.904. The van der Waals surface area contributed by atoms with E-state index in [1.165, 1.54) is 71.7 Å². The van der Waals surface area contributed by atoms with Crippen LogP contribution in [0.4, 0.5) is 0 Å². The minimum atomic E-state index is -0.106. The van der Waals surface area contributed by atoms with Gasteiger partial charge in [-0.05, 0) is 113 Å². The van der Waals surface area contributed by atoms with Crippen LogP contribution in [0.3, 0.4) is 0 Å². The molecule has 0 amide bonds. The predicted octanol–water partition coefficient (Wildman–Crippen LogP) is 17.5. The van der Waals surface area contributed by atoms with Gasteiger partial charge in [0, 0.05) is 72.2 Å². The van der Waals surface area contributed by atoms with Crippen LogP contribution in [0.15, 0.2) is 229 Å². The quantitative estimate of drug-likeness (QED) is 0.167. The van der Waals surface area contributed by atoms with Crippen LogP contribution in [0.1, 0.15) is 43.0 Å². The van der Waals surface area contributed by atoms with E-state index in [9.17, 15) is 0 Å². The van der Waals surface area contributed by atoms with Gasteiger partial charge in [-0.15, -0.1) is 0 Å². The first-order chi connectivity index (χ1) is 35.4. The highest BCUT2D eigenvalue weighted by atomic mass is 16.3. The molecule has 1 atom stereocenters. The van der Waals surface area contributed by atoms with Gasteiger partial charge in [0.15, 0.2) is 5.82 Å². The Morgan fingerprint density at radius 1 is 0.458 bits per heavy atom. The summed E-state index contributed by atoms with van der Waals surface area (Å²) in [5.74, 6) is 0.749. The topological polar surface area (TPSA) is 48.8 Å². The number of furan rings is 1. The standard InChI is InChI=1S/C67H46N4O/c1-67(2)56-27-14-12-25-48(56)50-36-53-51-34-43(29-31-60(51)70(62(53)38-57(50)67)46-22-10-5-11-23-46)44-30-32-61-52(35-44)54-37-55-49-26-13-15-28-64(49)72-65(55)40-63(54)71(61)47-24-16-21-45(33-47)59-39-58(41-17-6-3-7-18-41)68-66(69-59)42-19-8-4-9-20-42/h3-32,34-40,45H,33H2,1-2H3. The Labute approximate surface area is 416 Å². The second-order valence-corrected chi connectivity index (χ2v) is 20.1. The normalized spacial score (nSPS) is 15.0. The molecule has 4 heterocycles. The first-order valence-corrected chi connectivity index (χ1v) is 25.0. The fraction of sp³-hybridized carbons (Fsp3) is 0.0746. The Bertz CT molecular complexity index is 4380. The van der Waals surface area contributed by atoms with Crippen LogP contribution in [0.5, 0.6) is 0 Å². The molecule has 0 saturated carbocycles. The van der Waals surface area contributed by atoms with E-state index < -0.39 is 0 Å². The van der Waals surface area contributed by atoms with Gasteiger partial charge in [0.25, 0.3) is 0 Å². The Morgan fingerprint density at radius 3 is 1.88 bits per heavy atom. The third-order valence-corrected chi connectivity index (χ3v) is 15.7. The molecule has 0 bridgehead atoms. The Morgan fingerprint density at radius 2 is 1.10 bits per heavy atom. The van der Waals surface area contributed by atoms with E-state index in [-0.39, 0.29) is 11.3 Å².